The zero-order valence-corrected chi connectivity index (χ0v) is 13.5. The maximum atomic E-state index is 11.1. The highest BCUT2D eigenvalue weighted by Crippen LogP contribution is 2.19. The second-order valence-corrected chi connectivity index (χ2v) is 6.14. The zero-order chi connectivity index (χ0) is 15.9. The lowest BCUT2D eigenvalue weighted by Crippen LogP contribution is -2.21. The number of nitrogens with one attached hydrogen (secondary N) is 1. The zero-order valence-electron chi connectivity index (χ0n) is 12.7. The molecule has 7 heteroatoms. The van der Waals surface area contributed by atoms with Gasteiger partial charge in [0.2, 0.25) is 11.0 Å². The Morgan fingerprint density at radius 1 is 1.32 bits per heavy atom. The smallest absolute Gasteiger partial charge is 0.239 e. The molecule has 0 bridgehead atoms. The third kappa shape index (κ3) is 4.78. The van der Waals surface area contributed by atoms with Crippen molar-refractivity contribution >= 4 is 22.4 Å². The normalized spacial score (nSPS) is 10.7. The maximum Gasteiger partial charge on any atom is 0.239 e. The predicted octanol–water partition coefficient (Wildman–Crippen LogP) is 2.18. The topological polar surface area (TPSA) is 90.1 Å². The van der Waals surface area contributed by atoms with Gasteiger partial charge in [-0.25, -0.2) is 0 Å². The van der Waals surface area contributed by atoms with Gasteiger partial charge in [0.05, 0.1) is 13.2 Å². The van der Waals surface area contributed by atoms with Crippen LogP contribution in [-0.4, -0.2) is 29.3 Å². The van der Waals surface area contributed by atoms with Crippen LogP contribution in [-0.2, 0) is 11.2 Å². The Bertz CT molecular complexity index is 610. The molecule has 0 atom stereocenters. The summed E-state index contributed by atoms with van der Waals surface area (Å²) in [5.41, 5.74) is 6.51. The average molecular weight is 320 g/mol. The molecule has 0 unspecified atom stereocenters. The summed E-state index contributed by atoms with van der Waals surface area (Å²) in [7, 11) is 0. The third-order valence-electron chi connectivity index (χ3n) is 3.03. The number of rotatable bonds is 7. The highest BCUT2D eigenvalue weighted by Gasteiger charge is 2.07. The molecule has 1 amide bonds. The predicted molar refractivity (Wildman–Crippen MR) is 87.3 cm³/mol. The van der Waals surface area contributed by atoms with Gasteiger partial charge >= 0.3 is 0 Å². The first-order valence-electron chi connectivity index (χ1n) is 7.13. The van der Waals surface area contributed by atoms with Crippen LogP contribution in [0.15, 0.2) is 24.3 Å². The quantitative estimate of drug-likeness (QED) is 0.816. The molecule has 0 aliphatic carbocycles. The summed E-state index contributed by atoms with van der Waals surface area (Å²) < 4.78 is 5.69. The van der Waals surface area contributed by atoms with Crippen molar-refractivity contribution in [2.24, 2.45) is 5.73 Å². The number of hydrogen-bond donors (Lipinski definition) is 2. The molecule has 0 aliphatic rings. The van der Waals surface area contributed by atoms with Crippen molar-refractivity contribution in [3.63, 3.8) is 0 Å². The van der Waals surface area contributed by atoms with Crippen molar-refractivity contribution in [3.05, 3.63) is 34.8 Å². The van der Waals surface area contributed by atoms with Gasteiger partial charge in [0.15, 0.2) is 0 Å². The van der Waals surface area contributed by atoms with Crippen molar-refractivity contribution < 1.29 is 9.53 Å². The van der Waals surface area contributed by atoms with E-state index in [0.29, 0.717) is 24.1 Å². The van der Waals surface area contributed by atoms with Crippen LogP contribution in [0.25, 0.3) is 0 Å². The molecular formula is C15H20N4O2S. The number of carbonyl (C=O) groups is 1. The summed E-state index contributed by atoms with van der Waals surface area (Å²) in [5.74, 6) is 1.08. The van der Waals surface area contributed by atoms with Gasteiger partial charge in [-0.05, 0) is 23.6 Å². The van der Waals surface area contributed by atoms with E-state index in [0.717, 1.165) is 10.8 Å². The summed E-state index contributed by atoms with van der Waals surface area (Å²) >= 11 is 1.33. The molecule has 6 nitrogen and oxygen atoms in total. The van der Waals surface area contributed by atoms with E-state index in [1.165, 1.54) is 16.9 Å². The molecule has 0 spiro atoms. The Balaban J connectivity index is 1.80. The minimum Gasteiger partial charge on any atom is -0.493 e. The summed E-state index contributed by atoms with van der Waals surface area (Å²) in [6, 6.07) is 8.10. The molecule has 0 fully saturated rings. The van der Waals surface area contributed by atoms with Gasteiger partial charge in [0, 0.05) is 6.42 Å². The molecule has 1 heterocycles. The first kappa shape index (κ1) is 16.4. The van der Waals surface area contributed by atoms with E-state index in [-0.39, 0.29) is 12.5 Å². The van der Waals surface area contributed by atoms with Gasteiger partial charge in [-0.2, -0.15) is 0 Å². The van der Waals surface area contributed by atoms with Crippen LogP contribution in [0.1, 0.15) is 30.3 Å². The fourth-order valence-corrected chi connectivity index (χ4v) is 2.52. The lowest BCUT2D eigenvalue weighted by Gasteiger charge is -2.08. The van der Waals surface area contributed by atoms with E-state index in [9.17, 15) is 4.79 Å². The second kappa shape index (κ2) is 7.86. The number of nitrogens with two attached hydrogens (primary N) is 1. The van der Waals surface area contributed by atoms with Crippen molar-refractivity contribution in [3.8, 4) is 5.75 Å². The van der Waals surface area contributed by atoms with Crippen molar-refractivity contribution in [1.82, 2.24) is 10.2 Å². The number of aromatic nitrogens is 2. The monoisotopic (exact) mass is 320 g/mol. The van der Waals surface area contributed by atoms with Crippen LogP contribution in [0.3, 0.4) is 0 Å². The minimum atomic E-state index is -0.274. The molecule has 1 aromatic heterocycles. The molecule has 3 N–H and O–H groups in total. The summed E-state index contributed by atoms with van der Waals surface area (Å²) in [6.07, 6.45) is 0.641. The first-order valence-corrected chi connectivity index (χ1v) is 7.95. The van der Waals surface area contributed by atoms with Crippen LogP contribution in [0.2, 0.25) is 0 Å². The fraction of sp³-hybridized carbons (Fsp3) is 0.400. The average Bonchev–Trinajstić information content (AvgIpc) is 2.95. The molecule has 1 aromatic carbocycles. The second-order valence-electron chi connectivity index (χ2n) is 5.08. The Morgan fingerprint density at radius 2 is 2.05 bits per heavy atom. The van der Waals surface area contributed by atoms with Crippen LogP contribution < -0.4 is 15.8 Å². The van der Waals surface area contributed by atoms with E-state index in [4.69, 9.17) is 10.5 Å². The summed E-state index contributed by atoms with van der Waals surface area (Å²) in [4.78, 5) is 11.1. The van der Waals surface area contributed by atoms with E-state index >= 15 is 0 Å². The molecule has 2 aromatic rings. The van der Waals surface area contributed by atoms with Gasteiger partial charge in [0.1, 0.15) is 10.8 Å². The van der Waals surface area contributed by atoms with E-state index < -0.39 is 0 Å². The molecule has 118 valence electrons. The van der Waals surface area contributed by atoms with Crippen LogP contribution in [0.5, 0.6) is 5.75 Å². The Labute approximate surface area is 133 Å². The molecule has 0 saturated carbocycles. The summed E-state index contributed by atoms with van der Waals surface area (Å²) in [5, 5.41) is 11.7. The van der Waals surface area contributed by atoms with Crippen molar-refractivity contribution in [2.75, 3.05) is 18.5 Å². The number of nitrogens with zero attached hydrogens (tertiary/aromatic N) is 2. The largest absolute Gasteiger partial charge is 0.493 e. The highest BCUT2D eigenvalue weighted by atomic mass is 32.1. The summed E-state index contributed by atoms with van der Waals surface area (Å²) in [6.45, 7) is 4.77. The number of hydrogen-bond acceptors (Lipinski definition) is 6. The van der Waals surface area contributed by atoms with Crippen LogP contribution >= 0.6 is 11.3 Å². The molecule has 0 aliphatic heterocycles. The van der Waals surface area contributed by atoms with Crippen molar-refractivity contribution in [2.45, 2.75) is 26.2 Å². The Kier molecular flexibility index (Phi) is 5.85. The van der Waals surface area contributed by atoms with Gasteiger partial charge < -0.3 is 10.5 Å². The van der Waals surface area contributed by atoms with Gasteiger partial charge in [0.25, 0.3) is 0 Å². The highest BCUT2D eigenvalue weighted by molar-refractivity contribution is 7.15. The Hall–Kier alpha value is -1.99. The number of carbonyl (C=O) groups excluding carboxylic acids is 1. The van der Waals surface area contributed by atoms with Crippen LogP contribution in [0, 0.1) is 0 Å². The van der Waals surface area contributed by atoms with Gasteiger partial charge in [-0.1, -0.05) is 37.3 Å². The van der Waals surface area contributed by atoms with E-state index in [1.54, 1.807) is 0 Å². The van der Waals surface area contributed by atoms with E-state index in [1.807, 2.05) is 12.1 Å². The third-order valence-corrected chi connectivity index (χ3v) is 3.93. The van der Waals surface area contributed by atoms with Gasteiger partial charge in [-0.3, -0.25) is 10.1 Å². The Morgan fingerprint density at radius 3 is 2.68 bits per heavy atom. The van der Waals surface area contributed by atoms with E-state index in [2.05, 4.69) is 41.5 Å². The number of ether oxygens (including phenoxy) is 1. The van der Waals surface area contributed by atoms with Crippen LogP contribution in [0.4, 0.5) is 5.13 Å². The molecular weight excluding hydrogens is 300 g/mol. The minimum absolute atomic E-state index is 0.0651. The molecule has 2 rings (SSSR count). The fourth-order valence-electron chi connectivity index (χ4n) is 1.78. The molecule has 22 heavy (non-hydrogen) atoms. The van der Waals surface area contributed by atoms with Crippen molar-refractivity contribution in [1.29, 1.82) is 0 Å². The first-order chi connectivity index (χ1) is 10.6. The molecule has 0 saturated heterocycles. The standard InChI is InChI=1S/C15H20N4O2S/c1-10(2)11-3-5-12(6-4-11)21-8-7-14-18-19-15(22-14)17-13(20)9-16/h3-6,10H,7-9,16H2,1-2H3,(H,17,19,20). The lowest BCUT2D eigenvalue weighted by atomic mass is 10.0. The molecule has 0 radical (unpaired) electrons. The number of anilines is 1. The maximum absolute atomic E-state index is 11.1. The lowest BCUT2D eigenvalue weighted by molar-refractivity contribution is -0.114. The SMILES string of the molecule is CC(C)c1ccc(OCCc2nnc(NC(=O)CN)s2)cc1. The van der Waals surface area contributed by atoms with Gasteiger partial charge in [-0.15, -0.1) is 10.2 Å². The number of amides is 1. The number of benzene rings is 1.